The summed E-state index contributed by atoms with van der Waals surface area (Å²) in [5.74, 6) is 1.41. The Balaban J connectivity index is 2.95. The summed E-state index contributed by atoms with van der Waals surface area (Å²) in [6.07, 6.45) is 2.06. The first-order chi connectivity index (χ1) is 8.47. The van der Waals surface area contributed by atoms with Gasteiger partial charge in [-0.25, -0.2) is 0 Å². The fourth-order valence-electron chi connectivity index (χ4n) is 1.66. The minimum absolute atomic E-state index is 0.0156. The highest BCUT2D eigenvalue weighted by atomic mass is 32.2. The number of aromatic nitrogens is 3. The lowest BCUT2D eigenvalue weighted by atomic mass is 10.2. The third-order valence-electron chi connectivity index (χ3n) is 2.39. The van der Waals surface area contributed by atoms with Crippen molar-refractivity contribution in [3.05, 3.63) is 5.82 Å². The van der Waals surface area contributed by atoms with Gasteiger partial charge in [0.05, 0.1) is 5.75 Å². The number of rotatable bonds is 7. The third-order valence-corrected chi connectivity index (χ3v) is 4.15. The van der Waals surface area contributed by atoms with Gasteiger partial charge in [-0.05, 0) is 20.1 Å². The Kier molecular flexibility index (Phi) is 6.01. The van der Waals surface area contributed by atoms with E-state index in [0.29, 0.717) is 11.1 Å². The maximum atomic E-state index is 10.6. The number of nitrogens with zero attached hydrogens (tertiary/aromatic N) is 3. The van der Waals surface area contributed by atoms with Crippen LogP contribution in [-0.4, -0.2) is 43.6 Å². The van der Waals surface area contributed by atoms with Gasteiger partial charge in [0.15, 0.2) is 5.16 Å². The van der Waals surface area contributed by atoms with E-state index in [1.54, 1.807) is 11.8 Å². The summed E-state index contributed by atoms with van der Waals surface area (Å²) in [6.45, 7) is 6.23. The maximum absolute atomic E-state index is 10.6. The van der Waals surface area contributed by atoms with Crippen molar-refractivity contribution in [3.63, 3.8) is 0 Å². The predicted octanol–water partition coefficient (Wildman–Crippen LogP) is 2.50. The molecule has 0 spiro atoms. The van der Waals surface area contributed by atoms with Crippen LogP contribution in [0.25, 0.3) is 0 Å². The highest BCUT2D eigenvalue weighted by Gasteiger charge is 2.20. The molecule has 0 amide bonds. The van der Waals surface area contributed by atoms with E-state index in [4.69, 9.17) is 5.11 Å². The zero-order chi connectivity index (χ0) is 13.7. The summed E-state index contributed by atoms with van der Waals surface area (Å²) in [6, 6.07) is 0.232. The van der Waals surface area contributed by atoms with Crippen molar-refractivity contribution in [1.29, 1.82) is 0 Å². The monoisotopic (exact) mass is 289 g/mol. The summed E-state index contributed by atoms with van der Waals surface area (Å²) in [5, 5.41) is 17.7. The van der Waals surface area contributed by atoms with Gasteiger partial charge in [-0.3, -0.25) is 4.79 Å². The van der Waals surface area contributed by atoms with E-state index in [-0.39, 0.29) is 11.8 Å². The molecule has 0 aromatic carbocycles. The van der Waals surface area contributed by atoms with Crippen LogP contribution in [0.1, 0.15) is 38.6 Å². The van der Waals surface area contributed by atoms with Crippen molar-refractivity contribution in [3.8, 4) is 0 Å². The van der Waals surface area contributed by atoms with Crippen LogP contribution in [0.4, 0.5) is 0 Å². The smallest absolute Gasteiger partial charge is 0.313 e. The van der Waals surface area contributed by atoms with Gasteiger partial charge in [0.2, 0.25) is 0 Å². The first-order valence-electron chi connectivity index (χ1n) is 5.75. The van der Waals surface area contributed by atoms with Gasteiger partial charge in [0.25, 0.3) is 0 Å². The lowest BCUT2D eigenvalue weighted by Crippen LogP contribution is -2.12. The summed E-state index contributed by atoms with van der Waals surface area (Å²) in [7, 11) is 0. The van der Waals surface area contributed by atoms with Gasteiger partial charge in [0, 0.05) is 17.7 Å². The normalized spacial score (nSPS) is 12.9. The van der Waals surface area contributed by atoms with Gasteiger partial charge in [-0.15, -0.1) is 10.2 Å². The van der Waals surface area contributed by atoms with Crippen LogP contribution in [0.5, 0.6) is 0 Å². The number of aliphatic carboxylic acids is 1. The lowest BCUT2D eigenvalue weighted by Gasteiger charge is -2.16. The number of thioether (sulfide) groups is 2. The molecule has 0 bridgehead atoms. The summed E-state index contributed by atoms with van der Waals surface area (Å²) in [5.41, 5.74) is 0. The molecule has 0 radical (unpaired) electrons. The molecule has 0 fully saturated rings. The van der Waals surface area contributed by atoms with E-state index < -0.39 is 5.97 Å². The van der Waals surface area contributed by atoms with Gasteiger partial charge in [0.1, 0.15) is 5.82 Å². The average molecular weight is 289 g/mol. The molecule has 5 nitrogen and oxygen atoms in total. The average Bonchev–Trinajstić information content (AvgIpc) is 2.70. The molecule has 0 aliphatic carbocycles. The van der Waals surface area contributed by atoms with Gasteiger partial charge >= 0.3 is 5.97 Å². The molecule has 1 N–H and O–H groups in total. The molecule has 0 saturated carbocycles. The third kappa shape index (κ3) is 3.91. The number of hydrogen-bond acceptors (Lipinski definition) is 5. The minimum Gasteiger partial charge on any atom is -0.481 e. The van der Waals surface area contributed by atoms with Crippen LogP contribution in [0.15, 0.2) is 5.16 Å². The largest absolute Gasteiger partial charge is 0.481 e. The SMILES string of the molecule is CSCC(C)c1nnc(SCC(=O)O)n1C(C)C. The Morgan fingerprint density at radius 1 is 1.39 bits per heavy atom. The van der Waals surface area contributed by atoms with Crippen molar-refractivity contribution in [2.24, 2.45) is 0 Å². The van der Waals surface area contributed by atoms with E-state index in [1.165, 1.54) is 11.8 Å². The fraction of sp³-hybridized carbons (Fsp3) is 0.727. The summed E-state index contributed by atoms with van der Waals surface area (Å²) < 4.78 is 2.04. The second-order valence-corrected chi connectivity index (χ2v) is 6.20. The highest BCUT2D eigenvalue weighted by Crippen LogP contribution is 2.26. The molecular weight excluding hydrogens is 270 g/mol. The van der Waals surface area contributed by atoms with E-state index in [0.717, 1.165) is 11.6 Å². The number of carboxylic acids is 1. The molecule has 0 saturated heterocycles. The zero-order valence-electron chi connectivity index (χ0n) is 11.1. The minimum atomic E-state index is -0.836. The fourth-order valence-corrected chi connectivity index (χ4v) is 3.10. The molecule has 0 aliphatic rings. The number of hydrogen-bond donors (Lipinski definition) is 1. The van der Waals surface area contributed by atoms with E-state index in [1.807, 2.05) is 4.57 Å². The number of carboxylic acid groups (broad SMARTS) is 1. The Labute approximate surface area is 116 Å². The molecular formula is C11H19N3O2S2. The van der Waals surface area contributed by atoms with Gasteiger partial charge < -0.3 is 9.67 Å². The first kappa shape index (κ1) is 15.4. The molecule has 7 heteroatoms. The Hall–Kier alpha value is -0.690. The molecule has 0 aliphatic heterocycles. The van der Waals surface area contributed by atoms with Crippen molar-refractivity contribution in [2.45, 2.75) is 37.9 Å². The van der Waals surface area contributed by atoms with Crippen LogP contribution < -0.4 is 0 Å². The molecule has 1 rings (SSSR count). The quantitative estimate of drug-likeness (QED) is 0.778. The van der Waals surface area contributed by atoms with E-state index in [2.05, 4.69) is 37.2 Å². The topological polar surface area (TPSA) is 68.0 Å². The van der Waals surface area contributed by atoms with E-state index >= 15 is 0 Å². The molecule has 1 atom stereocenters. The Morgan fingerprint density at radius 3 is 2.56 bits per heavy atom. The second-order valence-electron chi connectivity index (χ2n) is 4.34. The van der Waals surface area contributed by atoms with Crippen LogP contribution in [0.3, 0.4) is 0 Å². The van der Waals surface area contributed by atoms with Crippen LogP contribution in [-0.2, 0) is 4.79 Å². The van der Waals surface area contributed by atoms with E-state index in [9.17, 15) is 4.79 Å². The molecule has 1 aromatic heterocycles. The molecule has 102 valence electrons. The lowest BCUT2D eigenvalue weighted by molar-refractivity contribution is -0.133. The molecule has 18 heavy (non-hydrogen) atoms. The van der Waals surface area contributed by atoms with Gasteiger partial charge in [-0.1, -0.05) is 18.7 Å². The van der Waals surface area contributed by atoms with Crippen molar-refractivity contribution >= 4 is 29.5 Å². The predicted molar refractivity (Wildman–Crippen MR) is 75.6 cm³/mol. The summed E-state index contributed by atoms with van der Waals surface area (Å²) >= 11 is 2.99. The Morgan fingerprint density at radius 2 is 2.06 bits per heavy atom. The van der Waals surface area contributed by atoms with Crippen molar-refractivity contribution < 1.29 is 9.90 Å². The Bertz CT molecular complexity index is 407. The maximum Gasteiger partial charge on any atom is 0.313 e. The first-order valence-corrected chi connectivity index (χ1v) is 8.13. The standard InChI is InChI=1S/C11H19N3O2S2/c1-7(2)14-10(8(3)5-17-4)12-13-11(14)18-6-9(15)16/h7-8H,5-6H2,1-4H3,(H,15,16). The molecule has 1 aromatic rings. The highest BCUT2D eigenvalue weighted by molar-refractivity contribution is 7.99. The molecule has 1 unspecified atom stereocenters. The van der Waals surface area contributed by atoms with Crippen LogP contribution >= 0.6 is 23.5 Å². The molecule has 1 heterocycles. The second kappa shape index (κ2) is 7.04. The number of carbonyl (C=O) groups is 1. The summed E-state index contributed by atoms with van der Waals surface area (Å²) in [4.78, 5) is 10.6. The zero-order valence-corrected chi connectivity index (χ0v) is 12.7. The van der Waals surface area contributed by atoms with Crippen molar-refractivity contribution in [2.75, 3.05) is 17.8 Å². The van der Waals surface area contributed by atoms with Crippen LogP contribution in [0, 0.1) is 0 Å². The van der Waals surface area contributed by atoms with Crippen molar-refractivity contribution in [1.82, 2.24) is 14.8 Å². The van der Waals surface area contributed by atoms with Gasteiger partial charge in [-0.2, -0.15) is 11.8 Å². The van der Waals surface area contributed by atoms with Crippen LogP contribution in [0.2, 0.25) is 0 Å².